The predicted octanol–water partition coefficient (Wildman–Crippen LogP) is 4.01. The molecule has 0 fully saturated rings. The summed E-state index contributed by atoms with van der Waals surface area (Å²) >= 11 is 5.58. The Labute approximate surface area is 178 Å². The van der Waals surface area contributed by atoms with Gasteiger partial charge in [0.25, 0.3) is 5.91 Å². The van der Waals surface area contributed by atoms with E-state index in [0.717, 1.165) is 5.57 Å². The normalized spacial score (nSPS) is 11.6. The second-order valence-electron chi connectivity index (χ2n) is 5.98. The quantitative estimate of drug-likeness (QED) is 0.329. The van der Waals surface area contributed by atoms with E-state index in [1.165, 1.54) is 18.7 Å². The molecule has 0 aliphatic rings. The monoisotopic (exact) mass is 420 g/mol. The largest absolute Gasteiger partial charge is 0.497 e. The van der Waals surface area contributed by atoms with E-state index >= 15 is 0 Å². The van der Waals surface area contributed by atoms with Crippen LogP contribution in [0.3, 0.4) is 0 Å². The number of methoxy groups -OCH3 is 1. The van der Waals surface area contributed by atoms with Crippen molar-refractivity contribution in [2.24, 2.45) is 0 Å². The van der Waals surface area contributed by atoms with Crippen LogP contribution in [0.15, 0.2) is 84.5 Å². The molecule has 0 aliphatic carbocycles. The Balaban J connectivity index is 4.20. The highest BCUT2D eigenvalue weighted by atomic mass is 35.5. The second kappa shape index (κ2) is 15.0. The van der Waals surface area contributed by atoms with Gasteiger partial charge in [-0.05, 0) is 42.7 Å². The molecular weight excluding hydrogens is 392 g/mol. The molecule has 2 N–H and O–H groups in total. The fourth-order valence-corrected chi connectivity index (χ4v) is 1.83. The van der Waals surface area contributed by atoms with E-state index in [2.05, 4.69) is 36.9 Å². The van der Waals surface area contributed by atoms with Crippen molar-refractivity contribution in [3.05, 3.63) is 84.5 Å². The van der Waals surface area contributed by atoms with Crippen LogP contribution in [-0.2, 0) is 19.1 Å². The van der Waals surface area contributed by atoms with Crippen LogP contribution in [0.4, 0.5) is 0 Å². The van der Waals surface area contributed by atoms with Crippen LogP contribution in [0.2, 0.25) is 0 Å². The lowest BCUT2D eigenvalue weighted by atomic mass is 10.2. The molecule has 0 unspecified atom stereocenters. The Morgan fingerprint density at radius 1 is 1.10 bits per heavy atom. The van der Waals surface area contributed by atoms with Crippen LogP contribution in [0.1, 0.15) is 19.8 Å². The van der Waals surface area contributed by atoms with Crippen molar-refractivity contribution in [1.29, 1.82) is 0 Å². The van der Waals surface area contributed by atoms with Crippen LogP contribution in [-0.4, -0.2) is 32.1 Å². The standard InChI is InChI=1S/C22H29ClN2O4/c1-7-20(12-17(3)13-23)29-15-22(27)25-18(4)9-11-21(26)24-14-16(2)8-10-19(5)28-6/h7-8,10,12-13H,1-2,4-5,9,11,14-15H2,3,6H3,(H,24,26)(H,25,27)/b10-8-,17-13+,20-12+. The number of amides is 2. The molecule has 0 radical (unpaired) electrons. The van der Waals surface area contributed by atoms with Crippen LogP contribution < -0.4 is 10.6 Å². The Bertz CT molecular complexity index is 733. The highest BCUT2D eigenvalue weighted by molar-refractivity contribution is 6.25. The molecule has 6 nitrogen and oxygen atoms in total. The summed E-state index contributed by atoms with van der Waals surface area (Å²) in [5.41, 5.74) is 3.28. The smallest absolute Gasteiger partial charge is 0.262 e. The Kier molecular flexibility index (Phi) is 13.4. The van der Waals surface area contributed by atoms with E-state index in [0.29, 0.717) is 35.8 Å². The van der Waals surface area contributed by atoms with Crippen molar-refractivity contribution in [1.82, 2.24) is 10.6 Å². The first-order valence-electron chi connectivity index (χ1n) is 8.78. The third kappa shape index (κ3) is 13.8. The lowest BCUT2D eigenvalue weighted by molar-refractivity contribution is -0.124. The first-order valence-corrected chi connectivity index (χ1v) is 9.22. The number of nitrogens with one attached hydrogen (secondary N) is 2. The molecule has 0 saturated carbocycles. The second-order valence-corrected chi connectivity index (χ2v) is 6.20. The average molecular weight is 421 g/mol. The van der Waals surface area contributed by atoms with Gasteiger partial charge in [0.15, 0.2) is 6.61 Å². The molecule has 29 heavy (non-hydrogen) atoms. The van der Waals surface area contributed by atoms with Crippen molar-refractivity contribution in [2.45, 2.75) is 19.8 Å². The summed E-state index contributed by atoms with van der Waals surface area (Å²) in [5.74, 6) is 0.349. The van der Waals surface area contributed by atoms with E-state index < -0.39 is 0 Å². The average Bonchev–Trinajstić information content (AvgIpc) is 2.71. The van der Waals surface area contributed by atoms with Crippen molar-refractivity contribution >= 4 is 23.4 Å². The summed E-state index contributed by atoms with van der Waals surface area (Å²) in [5, 5.41) is 5.32. The van der Waals surface area contributed by atoms with Gasteiger partial charge in [-0.1, -0.05) is 44.0 Å². The summed E-state index contributed by atoms with van der Waals surface area (Å²) in [7, 11) is 1.52. The molecule has 2 amide bonds. The zero-order valence-electron chi connectivity index (χ0n) is 17.1. The van der Waals surface area contributed by atoms with Gasteiger partial charge in [0.05, 0.1) is 7.11 Å². The van der Waals surface area contributed by atoms with Gasteiger partial charge in [0.2, 0.25) is 5.91 Å². The van der Waals surface area contributed by atoms with Crippen molar-refractivity contribution in [3.8, 4) is 0 Å². The number of hydrogen-bond acceptors (Lipinski definition) is 4. The molecule has 7 heteroatoms. The van der Waals surface area contributed by atoms with Gasteiger partial charge in [-0.3, -0.25) is 9.59 Å². The third-order valence-corrected chi connectivity index (χ3v) is 3.71. The zero-order chi connectivity index (χ0) is 22.2. The Hall–Kier alpha value is -2.99. The molecule has 158 valence electrons. The minimum atomic E-state index is -0.382. The maximum atomic E-state index is 11.9. The highest BCUT2D eigenvalue weighted by Crippen LogP contribution is 2.06. The van der Waals surface area contributed by atoms with Crippen molar-refractivity contribution < 1.29 is 19.1 Å². The molecule has 0 aromatic rings. The summed E-state index contributed by atoms with van der Waals surface area (Å²) in [6.07, 6.45) is 6.98. The van der Waals surface area contributed by atoms with Gasteiger partial charge in [-0.2, -0.15) is 0 Å². The number of hydrogen-bond donors (Lipinski definition) is 2. The van der Waals surface area contributed by atoms with Gasteiger partial charge < -0.3 is 20.1 Å². The van der Waals surface area contributed by atoms with Crippen LogP contribution in [0.25, 0.3) is 0 Å². The molecule has 0 aliphatic heterocycles. The molecule has 0 rings (SSSR count). The lowest BCUT2D eigenvalue weighted by Crippen LogP contribution is -2.28. The summed E-state index contributed by atoms with van der Waals surface area (Å²) in [6, 6.07) is 0. The van der Waals surface area contributed by atoms with Gasteiger partial charge in [-0.15, -0.1) is 0 Å². The summed E-state index contributed by atoms with van der Waals surface area (Å²) in [4.78, 5) is 23.8. The fraction of sp³-hybridized carbons (Fsp3) is 0.273. The first-order chi connectivity index (χ1) is 13.7. The van der Waals surface area contributed by atoms with E-state index in [-0.39, 0.29) is 24.8 Å². The highest BCUT2D eigenvalue weighted by Gasteiger charge is 2.07. The van der Waals surface area contributed by atoms with Gasteiger partial charge >= 0.3 is 0 Å². The van der Waals surface area contributed by atoms with Crippen LogP contribution >= 0.6 is 11.6 Å². The van der Waals surface area contributed by atoms with Crippen LogP contribution in [0, 0.1) is 0 Å². The molecule has 0 atom stereocenters. The number of allylic oxidation sites excluding steroid dienone is 5. The molecule has 0 heterocycles. The molecule has 0 aromatic carbocycles. The zero-order valence-corrected chi connectivity index (χ0v) is 17.8. The number of ether oxygens (including phenoxy) is 2. The molecule has 0 spiro atoms. The van der Waals surface area contributed by atoms with E-state index in [4.69, 9.17) is 21.1 Å². The fourth-order valence-electron chi connectivity index (χ4n) is 1.76. The van der Waals surface area contributed by atoms with E-state index in [1.54, 1.807) is 25.2 Å². The third-order valence-electron chi connectivity index (χ3n) is 3.36. The van der Waals surface area contributed by atoms with Gasteiger partial charge in [0, 0.05) is 24.2 Å². The van der Waals surface area contributed by atoms with E-state index in [1.807, 2.05) is 0 Å². The van der Waals surface area contributed by atoms with Gasteiger partial charge in [0.1, 0.15) is 11.5 Å². The van der Waals surface area contributed by atoms with Crippen molar-refractivity contribution in [2.75, 3.05) is 20.3 Å². The molecule has 0 saturated heterocycles. The maximum Gasteiger partial charge on any atom is 0.262 e. The molecule has 0 aromatic heterocycles. The number of halogens is 1. The number of carbonyl (C=O) groups excluding carboxylic acids is 2. The molecule has 0 bridgehead atoms. The van der Waals surface area contributed by atoms with Crippen LogP contribution in [0.5, 0.6) is 0 Å². The minimum absolute atomic E-state index is 0.180. The Morgan fingerprint density at radius 3 is 2.38 bits per heavy atom. The SMILES string of the molecule is C=C/C(=C\C(C)=C\Cl)OCC(=O)NC(=C)CCC(=O)NCC(=C)/C=C\C(=C)OC. The number of carbonyl (C=O) groups is 2. The van der Waals surface area contributed by atoms with E-state index in [9.17, 15) is 9.59 Å². The minimum Gasteiger partial charge on any atom is -0.497 e. The van der Waals surface area contributed by atoms with Crippen molar-refractivity contribution in [3.63, 3.8) is 0 Å². The van der Waals surface area contributed by atoms with Gasteiger partial charge in [-0.25, -0.2) is 0 Å². The number of rotatable bonds is 14. The Morgan fingerprint density at radius 2 is 1.79 bits per heavy atom. The summed E-state index contributed by atoms with van der Waals surface area (Å²) < 4.78 is 10.2. The topological polar surface area (TPSA) is 76.7 Å². The predicted molar refractivity (Wildman–Crippen MR) is 118 cm³/mol. The lowest BCUT2D eigenvalue weighted by Gasteiger charge is -2.10. The summed E-state index contributed by atoms with van der Waals surface area (Å²) in [6.45, 7) is 16.7. The first kappa shape index (κ1) is 26.0. The molecular formula is C22H29ClN2O4. The maximum absolute atomic E-state index is 11.9.